The van der Waals surface area contributed by atoms with E-state index in [0.717, 1.165) is 27.6 Å². The molecule has 0 atom stereocenters. The fourth-order valence-electron chi connectivity index (χ4n) is 4.02. The average molecular weight is 599 g/mol. The number of amides is 3. The summed E-state index contributed by atoms with van der Waals surface area (Å²) < 4.78 is 6.13. The monoisotopic (exact) mass is 598 g/mol. The number of anilines is 3. The number of hydrogen-bond acceptors (Lipinski definition) is 6. The van der Waals surface area contributed by atoms with Gasteiger partial charge in [0, 0.05) is 23.2 Å². The first kappa shape index (κ1) is 31.1. The minimum absolute atomic E-state index is 0.156. The molecular formula is C33H35ClN6O3. The molecule has 0 aliphatic rings. The number of carbonyl (C=O) groups excluding carboxylic acids is 2. The molecule has 222 valence electrons. The number of fused-ring (bicyclic) bond motifs is 1. The number of aryl methyl sites for hydroxylation is 1. The number of aromatic nitrogens is 1. The van der Waals surface area contributed by atoms with Crippen LogP contribution in [0.15, 0.2) is 96.5 Å². The van der Waals surface area contributed by atoms with Crippen molar-refractivity contribution in [1.29, 1.82) is 0 Å². The SMILES string of the molecule is C=C(NC(=O)Nc1ccc(OCc2ccnc(NC(=O)CCl)c2)c2ccccc12)N(/N=C/C(C)(C)C)c1ccc(C)cc1. The highest BCUT2D eigenvalue weighted by Gasteiger charge is 2.16. The molecule has 0 fully saturated rings. The molecule has 0 saturated heterocycles. The topological polar surface area (TPSA) is 108 Å². The number of urea groups is 1. The van der Waals surface area contributed by atoms with Crippen LogP contribution in [-0.2, 0) is 11.4 Å². The third-order valence-corrected chi connectivity index (χ3v) is 6.34. The van der Waals surface area contributed by atoms with Crippen LogP contribution in [0.3, 0.4) is 0 Å². The van der Waals surface area contributed by atoms with Crippen LogP contribution in [0, 0.1) is 12.3 Å². The Morgan fingerprint density at radius 1 is 1.02 bits per heavy atom. The Balaban J connectivity index is 1.49. The Kier molecular flexibility index (Phi) is 10.0. The molecule has 0 unspecified atom stereocenters. The second-order valence-corrected chi connectivity index (χ2v) is 11.2. The number of carbonyl (C=O) groups is 2. The van der Waals surface area contributed by atoms with Crippen molar-refractivity contribution in [3.05, 3.63) is 103 Å². The van der Waals surface area contributed by atoms with Crippen LogP contribution in [0.5, 0.6) is 5.75 Å². The maximum Gasteiger partial charge on any atom is 0.324 e. The van der Waals surface area contributed by atoms with Crippen molar-refractivity contribution >= 4 is 57.7 Å². The van der Waals surface area contributed by atoms with E-state index in [1.54, 1.807) is 35.5 Å². The maximum atomic E-state index is 13.1. The molecule has 1 aromatic heterocycles. The van der Waals surface area contributed by atoms with Gasteiger partial charge >= 0.3 is 6.03 Å². The number of rotatable bonds is 10. The number of hydrazone groups is 1. The number of benzene rings is 3. The van der Waals surface area contributed by atoms with E-state index < -0.39 is 6.03 Å². The van der Waals surface area contributed by atoms with E-state index in [4.69, 9.17) is 16.3 Å². The van der Waals surface area contributed by atoms with Crippen molar-refractivity contribution < 1.29 is 14.3 Å². The number of halogens is 1. The zero-order valence-corrected chi connectivity index (χ0v) is 25.4. The van der Waals surface area contributed by atoms with Gasteiger partial charge in [-0.15, -0.1) is 11.6 Å². The fraction of sp³-hybridized carbons (Fsp3) is 0.212. The summed E-state index contributed by atoms with van der Waals surface area (Å²) in [5.74, 6) is 0.835. The van der Waals surface area contributed by atoms with Crippen molar-refractivity contribution in [3.63, 3.8) is 0 Å². The lowest BCUT2D eigenvalue weighted by molar-refractivity contribution is -0.113. The number of nitrogens with zero attached hydrogens (tertiary/aromatic N) is 3. The van der Waals surface area contributed by atoms with Crippen LogP contribution < -0.4 is 25.7 Å². The highest BCUT2D eigenvalue weighted by molar-refractivity contribution is 6.29. The van der Waals surface area contributed by atoms with Gasteiger partial charge in [-0.2, -0.15) is 5.10 Å². The van der Waals surface area contributed by atoms with Gasteiger partial charge in [0.15, 0.2) is 0 Å². The lowest BCUT2D eigenvalue weighted by atomic mass is 9.99. The first-order valence-electron chi connectivity index (χ1n) is 13.7. The molecule has 1 heterocycles. The summed E-state index contributed by atoms with van der Waals surface area (Å²) in [5, 5.41) is 16.2. The van der Waals surface area contributed by atoms with Crippen molar-refractivity contribution in [2.24, 2.45) is 10.5 Å². The summed E-state index contributed by atoms with van der Waals surface area (Å²) >= 11 is 5.57. The van der Waals surface area contributed by atoms with E-state index in [2.05, 4.69) is 32.6 Å². The largest absolute Gasteiger partial charge is 0.488 e. The van der Waals surface area contributed by atoms with Crippen molar-refractivity contribution in [3.8, 4) is 5.75 Å². The number of pyridine rings is 1. The van der Waals surface area contributed by atoms with E-state index in [9.17, 15) is 9.59 Å². The molecule has 3 amide bonds. The molecule has 43 heavy (non-hydrogen) atoms. The van der Waals surface area contributed by atoms with Gasteiger partial charge < -0.3 is 15.4 Å². The third kappa shape index (κ3) is 8.80. The Labute approximate surface area is 256 Å². The molecule has 0 aliphatic heterocycles. The molecule has 4 aromatic rings. The molecular weight excluding hydrogens is 564 g/mol. The van der Waals surface area contributed by atoms with Crippen LogP contribution in [0.1, 0.15) is 31.9 Å². The third-order valence-electron chi connectivity index (χ3n) is 6.09. The van der Waals surface area contributed by atoms with E-state index >= 15 is 0 Å². The van der Waals surface area contributed by atoms with E-state index in [1.807, 2.05) is 82.4 Å². The zero-order chi connectivity index (χ0) is 31.0. The summed E-state index contributed by atoms with van der Waals surface area (Å²) in [6.45, 7) is 12.5. The van der Waals surface area contributed by atoms with E-state index in [-0.39, 0.29) is 23.8 Å². The first-order valence-corrected chi connectivity index (χ1v) is 14.2. The van der Waals surface area contributed by atoms with Gasteiger partial charge in [-0.25, -0.2) is 14.8 Å². The molecule has 0 aliphatic carbocycles. The standard InChI is InChI=1S/C33H35ClN6O3/c1-22-10-12-25(13-11-22)40(36-21-33(3,4)5)23(2)37-32(42)38-28-14-15-29(27-9-7-6-8-26(27)28)43-20-24-16-17-35-30(18-24)39-31(41)19-34/h6-18,21H,2,19-20H2,1,3-5H3,(H,35,39,41)(H2,37,38,42)/b36-21+. The Morgan fingerprint density at radius 3 is 2.44 bits per heavy atom. The van der Waals surface area contributed by atoms with Gasteiger partial charge in [-0.1, -0.05) is 69.3 Å². The molecule has 0 saturated carbocycles. The van der Waals surface area contributed by atoms with Crippen molar-refractivity contribution in [1.82, 2.24) is 10.3 Å². The Bertz CT molecular complexity index is 1650. The van der Waals surface area contributed by atoms with Gasteiger partial charge in [0.05, 0.1) is 11.4 Å². The lowest BCUT2D eigenvalue weighted by Gasteiger charge is -2.24. The zero-order valence-electron chi connectivity index (χ0n) is 24.6. The molecule has 0 radical (unpaired) electrons. The molecule has 3 N–H and O–H groups in total. The van der Waals surface area contributed by atoms with E-state index in [0.29, 0.717) is 23.1 Å². The van der Waals surface area contributed by atoms with Crippen molar-refractivity contribution in [2.75, 3.05) is 21.5 Å². The summed E-state index contributed by atoms with van der Waals surface area (Å²) in [6.07, 6.45) is 3.40. The Hall–Kier alpha value is -4.89. The summed E-state index contributed by atoms with van der Waals surface area (Å²) in [5.41, 5.74) is 3.12. The molecule has 0 bridgehead atoms. The molecule has 9 nitrogen and oxygen atoms in total. The molecule has 0 spiro atoms. The van der Waals surface area contributed by atoms with Gasteiger partial charge in [0.25, 0.3) is 0 Å². The first-order chi connectivity index (χ1) is 20.5. The van der Waals surface area contributed by atoms with Crippen LogP contribution in [0.4, 0.5) is 22.0 Å². The Morgan fingerprint density at radius 2 is 1.74 bits per heavy atom. The number of alkyl halides is 1. The predicted molar refractivity (Wildman–Crippen MR) is 175 cm³/mol. The van der Waals surface area contributed by atoms with Crippen LogP contribution >= 0.6 is 11.6 Å². The quantitative estimate of drug-likeness (QED) is 0.0999. The van der Waals surface area contributed by atoms with Gasteiger partial charge in [0.1, 0.15) is 29.9 Å². The predicted octanol–water partition coefficient (Wildman–Crippen LogP) is 7.43. The normalized spacial score (nSPS) is 11.3. The second kappa shape index (κ2) is 13.8. The smallest absolute Gasteiger partial charge is 0.324 e. The number of ether oxygens (including phenoxy) is 1. The highest BCUT2D eigenvalue weighted by Crippen LogP contribution is 2.32. The summed E-state index contributed by atoms with van der Waals surface area (Å²) in [7, 11) is 0. The van der Waals surface area contributed by atoms with Crippen LogP contribution in [0.2, 0.25) is 0 Å². The number of hydrogen-bond donors (Lipinski definition) is 3. The average Bonchev–Trinajstić information content (AvgIpc) is 2.97. The number of nitrogens with one attached hydrogen (secondary N) is 3. The fourth-order valence-corrected chi connectivity index (χ4v) is 4.09. The van der Waals surface area contributed by atoms with E-state index in [1.165, 1.54) is 0 Å². The molecule has 3 aromatic carbocycles. The highest BCUT2D eigenvalue weighted by atomic mass is 35.5. The molecule has 10 heteroatoms. The maximum absolute atomic E-state index is 13.1. The molecule has 4 rings (SSSR count). The minimum atomic E-state index is -0.463. The summed E-state index contributed by atoms with van der Waals surface area (Å²) in [6, 6.07) is 22.1. The van der Waals surface area contributed by atoms with Gasteiger partial charge in [-0.05, 0) is 54.3 Å². The second-order valence-electron chi connectivity index (χ2n) is 11.0. The van der Waals surface area contributed by atoms with Crippen molar-refractivity contribution in [2.45, 2.75) is 34.3 Å². The summed E-state index contributed by atoms with van der Waals surface area (Å²) in [4.78, 5) is 28.9. The van der Waals surface area contributed by atoms with Gasteiger partial charge in [-0.3, -0.25) is 10.1 Å². The van der Waals surface area contributed by atoms with Gasteiger partial charge in [0.2, 0.25) is 5.91 Å². The minimum Gasteiger partial charge on any atom is -0.488 e. The lowest BCUT2D eigenvalue weighted by Crippen LogP contribution is -2.35. The van der Waals surface area contributed by atoms with Crippen LogP contribution in [0.25, 0.3) is 10.8 Å². The van der Waals surface area contributed by atoms with Crippen LogP contribution in [-0.4, -0.2) is 29.0 Å².